The number of aliphatic imine (C=N–C) groups is 2. The fourth-order valence-electron chi connectivity index (χ4n) is 1.41. The minimum absolute atomic E-state index is 0.0697. The monoisotopic (exact) mass is 173 g/mol. The first-order chi connectivity index (χ1) is 6.42. The summed E-state index contributed by atoms with van der Waals surface area (Å²) in [6, 6.07) is 8.00. The smallest absolute Gasteiger partial charge is 0.165 e. The highest BCUT2D eigenvalue weighted by Crippen LogP contribution is 2.23. The maximum absolute atomic E-state index is 5.61. The van der Waals surface area contributed by atoms with Crippen molar-refractivity contribution in [3.8, 4) is 0 Å². The van der Waals surface area contributed by atoms with Crippen LogP contribution in [-0.4, -0.2) is 12.4 Å². The molecule has 0 radical (unpaired) electrons. The highest BCUT2D eigenvalue weighted by atomic mass is 15.0. The SMILES string of the molecule is NCc1ccccc1C1N=CC=N1. The molecule has 0 unspecified atom stereocenters. The van der Waals surface area contributed by atoms with Crippen molar-refractivity contribution in [2.75, 3.05) is 0 Å². The van der Waals surface area contributed by atoms with Crippen LogP contribution in [0.1, 0.15) is 17.3 Å². The Morgan fingerprint density at radius 2 is 1.85 bits per heavy atom. The molecule has 0 amide bonds. The van der Waals surface area contributed by atoms with Gasteiger partial charge in [0.05, 0.1) is 0 Å². The van der Waals surface area contributed by atoms with Gasteiger partial charge in [0.15, 0.2) is 6.17 Å². The van der Waals surface area contributed by atoms with Gasteiger partial charge in [-0.1, -0.05) is 24.3 Å². The van der Waals surface area contributed by atoms with Crippen molar-refractivity contribution in [1.82, 2.24) is 0 Å². The van der Waals surface area contributed by atoms with Crippen LogP contribution in [0, 0.1) is 0 Å². The second-order valence-corrected chi connectivity index (χ2v) is 2.87. The molecule has 0 aliphatic carbocycles. The molecule has 3 heteroatoms. The van der Waals surface area contributed by atoms with Crippen LogP contribution < -0.4 is 5.73 Å². The van der Waals surface area contributed by atoms with Crippen LogP contribution in [-0.2, 0) is 6.54 Å². The van der Waals surface area contributed by atoms with Gasteiger partial charge >= 0.3 is 0 Å². The van der Waals surface area contributed by atoms with E-state index in [1.165, 1.54) is 0 Å². The van der Waals surface area contributed by atoms with E-state index >= 15 is 0 Å². The molecule has 0 aromatic heterocycles. The first kappa shape index (κ1) is 8.13. The minimum Gasteiger partial charge on any atom is -0.326 e. The molecule has 0 saturated heterocycles. The Morgan fingerprint density at radius 3 is 2.54 bits per heavy atom. The summed E-state index contributed by atoms with van der Waals surface area (Å²) in [6.07, 6.45) is 3.37. The van der Waals surface area contributed by atoms with Crippen molar-refractivity contribution in [2.45, 2.75) is 12.7 Å². The molecule has 1 aliphatic rings. The molecule has 0 spiro atoms. The van der Waals surface area contributed by atoms with Gasteiger partial charge in [-0.25, -0.2) is 0 Å². The number of hydrogen-bond donors (Lipinski definition) is 1. The Morgan fingerprint density at radius 1 is 1.15 bits per heavy atom. The average Bonchev–Trinajstić information content (AvgIpc) is 2.70. The van der Waals surface area contributed by atoms with E-state index in [0.717, 1.165) is 11.1 Å². The van der Waals surface area contributed by atoms with Crippen LogP contribution in [0.15, 0.2) is 34.3 Å². The van der Waals surface area contributed by atoms with Gasteiger partial charge in [0.1, 0.15) is 0 Å². The van der Waals surface area contributed by atoms with E-state index in [9.17, 15) is 0 Å². The summed E-state index contributed by atoms with van der Waals surface area (Å²) in [7, 11) is 0. The van der Waals surface area contributed by atoms with Gasteiger partial charge in [-0.15, -0.1) is 0 Å². The summed E-state index contributed by atoms with van der Waals surface area (Å²) in [5.74, 6) is 0. The van der Waals surface area contributed by atoms with Gasteiger partial charge in [-0.2, -0.15) is 0 Å². The van der Waals surface area contributed by atoms with Crippen molar-refractivity contribution in [3.05, 3.63) is 35.4 Å². The van der Waals surface area contributed by atoms with E-state index < -0.39 is 0 Å². The molecule has 2 N–H and O–H groups in total. The fourth-order valence-corrected chi connectivity index (χ4v) is 1.41. The third kappa shape index (κ3) is 1.51. The standard InChI is InChI=1S/C10H11N3/c11-7-8-3-1-2-4-9(8)10-12-5-6-13-10/h1-6,10H,7,11H2. The third-order valence-electron chi connectivity index (χ3n) is 2.07. The van der Waals surface area contributed by atoms with E-state index in [4.69, 9.17) is 5.73 Å². The van der Waals surface area contributed by atoms with Gasteiger partial charge in [-0.05, 0) is 5.56 Å². The second-order valence-electron chi connectivity index (χ2n) is 2.87. The highest BCUT2D eigenvalue weighted by Gasteiger charge is 2.11. The molecule has 1 heterocycles. The Balaban J connectivity index is 2.38. The summed E-state index contributed by atoms with van der Waals surface area (Å²) in [5.41, 5.74) is 7.84. The molecule has 0 fully saturated rings. The number of nitrogens with two attached hydrogens (primary N) is 1. The molecule has 1 aromatic carbocycles. The van der Waals surface area contributed by atoms with Crippen molar-refractivity contribution < 1.29 is 0 Å². The lowest BCUT2D eigenvalue weighted by Gasteiger charge is -2.09. The molecule has 0 atom stereocenters. The molecular weight excluding hydrogens is 162 g/mol. The number of nitrogens with zero attached hydrogens (tertiary/aromatic N) is 2. The van der Waals surface area contributed by atoms with Crippen LogP contribution in [0.25, 0.3) is 0 Å². The molecule has 1 aliphatic heterocycles. The van der Waals surface area contributed by atoms with E-state index in [1.54, 1.807) is 12.4 Å². The lowest BCUT2D eigenvalue weighted by atomic mass is 10.1. The number of hydrogen-bond acceptors (Lipinski definition) is 3. The Labute approximate surface area is 77.0 Å². The first-order valence-electron chi connectivity index (χ1n) is 4.24. The second kappa shape index (κ2) is 3.49. The van der Waals surface area contributed by atoms with Gasteiger partial charge in [0, 0.05) is 24.5 Å². The fraction of sp³-hybridized carbons (Fsp3) is 0.200. The Bertz CT molecular complexity index is 343. The maximum atomic E-state index is 5.61. The summed E-state index contributed by atoms with van der Waals surface area (Å²) >= 11 is 0. The average molecular weight is 173 g/mol. The zero-order valence-electron chi connectivity index (χ0n) is 7.22. The normalized spacial score (nSPS) is 15.5. The summed E-state index contributed by atoms with van der Waals surface area (Å²) in [5, 5.41) is 0. The lowest BCUT2D eigenvalue weighted by Crippen LogP contribution is -2.02. The van der Waals surface area contributed by atoms with E-state index in [-0.39, 0.29) is 6.17 Å². The number of benzene rings is 1. The minimum atomic E-state index is -0.0697. The lowest BCUT2D eigenvalue weighted by molar-refractivity contribution is 0.783. The predicted octanol–water partition coefficient (Wildman–Crippen LogP) is 1.30. The number of rotatable bonds is 2. The van der Waals surface area contributed by atoms with Crippen molar-refractivity contribution in [1.29, 1.82) is 0 Å². The van der Waals surface area contributed by atoms with Crippen molar-refractivity contribution >= 4 is 12.4 Å². The molecule has 1 aromatic rings. The molecule has 3 nitrogen and oxygen atoms in total. The van der Waals surface area contributed by atoms with Crippen LogP contribution in [0.5, 0.6) is 0 Å². The Hall–Kier alpha value is -1.48. The Kier molecular flexibility index (Phi) is 2.19. The van der Waals surface area contributed by atoms with E-state index in [0.29, 0.717) is 6.54 Å². The van der Waals surface area contributed by atoms with Gasteiger partial charge in [-0.3, -0.25) is 9.98 Å². The molecule has 2 rings (SSSR count). The third-order valence-corrected chi connectivity index (χ3v) is 2.07. The van der Waals surface area contributed by atoms with Crippen molar-refractivity contribution in [2.24, 2.45) is 15.7 Å². The predicted molar refractivity (Wildman–Crippen MR) is 54.1 cm³/mol. The van der Waals surface area contributed by atoms with E-state index in [1.807, 2.05) is 24.3 Å². The maximum Gasteiger partial charge on any atom is 0.165 e. The van der Waals surface area contributed by atoms with E-state index in [2.05, 4.69) is 9.98 Å². The first-order valence-corrected chi connectivity index (χ1v) is 4.24. The highest BCUT2D eigenvalue weighted by molar-refractivity contribution is 6.17. The molecular formula is C10H11N3. The van der Waals surface area contributed by atoms with Crippen LogP contribution in [0.4, 0.5) is 0 Å². The molecule has 66 valence electrons. The summed E-state index contributed by atoms with van der Waals surface area (Å²) in [4.78, 5) is 8.42. The van der Waals surface area contributed by atoms with Crippen molar-refractivity contribution in [3.63, 3.8) is 0 Å². The van der Waals surface area contributed by atoms with Crippen LogP contribution >= 0.6 is 0 Å². The zero-order valence-corrected chi connectivity index (χ0v) is 7.22. The van der Waals surface area contributed by atoms with Gasteiger partial charge in [0.25, 0.3) is 0 Å². The zero-order chi connectivity index (χ0) is 9.10. The van der Waals surface area contributed by atoms with Gasteiger partial charge < -0.3 is 5.73 Å². The van der Waals surface area contributed by atoms with Crippen LogP contribution in [0.2, 0.25) is 0 Å². The molecule has 0 saturated carbocycles. The summed E-state index contributed by atoms with van der Waals surface area (Å²) < 4.78 is 0. The molecule has 0 bridgehead atoms. The largest absolute Gasteiger partial charge is 0.326 e. The summed E-state index contributed by atoms with van der Waals surface area (Å²) in [6.45, 7) is 0.539. The molecule has 13 heavy (non-hydrogen) atoms. The quantitative estimate of drug-likeness (QED) is 0.720. The van der Waals surface area contributed by atoms with Gasteiger partial charge in [0.2, 0.25) is 0 Å². The van der Waals surface area contributed by atoms with Crippen LogP contribution in [0.3, 0.4) is 0 Å². The topological polar surface area (TPSA) is 50.7 Å².